The van der Waals surface area contributed by atoms with Gasteiger partial charge in [0.2, 0.25) is 0 Å². The lowest BCUT2D eigenvalue weighted by molar-refractivity contribution is 0.102. The highest BCUT2D eigenvalue weighted by atomic mass is 16.1. The van der Waals surface area contributed by atoms with Crippen molar-refractivity contribution in [3.05, 3.63) is 71.2 Å². The van der Waals surface area contributed by atoms with Crippen molar-refractivity contribution < 1.29 is 4.79 Å². The second-order valence-corrected chi connectivity index (χ2v) is 6.57. The summed E-state index contributed by atoms with van der Waals surface area (Å²) in [5.41, 5.74) is 4.06. The summed E-state index contributed by atoms with van der Waals surface area (Å²) in [6.45, 7) is 4.40. The van der Waals surface area contributed by atoms with E-state index in [4.69, 9.17) is 0 Å². The first-order chi connectivity index (χ1) is 13.0. The summed E-state index contributed by atoms with van der Waals surface area (Å²) in [7, 11) is 1.84. The molecule has 0 aliphatic heterocycles. The molecular weight excluding hydrogens is 340 g/mol. The monoisotopic (exact) mass is 360 g/mol. The molecule has 0 fully saturated rings. The first-order valence-corrected chi connectivity index (χ1v) is 8.70. The zero-order valence-corrected chi connectivity index (χ0v) is 15.5. The number of carbonyl (C=O) groups excluding carboxylic acids is 1. The number of hydrogen-bond acceptors (Lipinski definition) is 4. The predicted molar refractivity (Wildman–Crippen MR) is 104 cm³/mol. The molecule has 136 valence electrons. The average Bonchev–Trinajstić information content (AvgIpc) is 3.14. The molecule has 4 aromatic rings. The standard InChI is InChI=1S/C20H20N6O/c1-13-9-18(26(23-13)12-15-7-5-4-6-8-15)22-20(27)16-10-17-14(2)24-25(3)19(17)21-11-16/h4-11H,12H2,1-3H3,(H,22,27). The largest absolute Gasteiger partial charge is 0.307 e. The fourth-order valence-corrected chi connectivity index (χ4v) is 3.14. The Labute approximate surface area is 156 Å². The molecule has 1 amide bonds. The molecule has 3 heterocycles. The average molecular weight is 360 g/mol. The maximum Gasteiger partial charge on any atom is 0.258 e. The molecule has 0 bridgehead atoms. The van der Waals surface area contributed by atoms with Crippen LogP contribution in [0.1, 0.15) is 27.3 Å². The molecule has 4 rings (SSSR count). The van der Waals surface area contributed by atoms with Gasteiger partial charge in [-0.2, -0.15) is 10.2 Å². The van der Waals surface area contributed by atoms with Crippen molar-refractivity contribution in [2.45, 2.75) is 20.4 Å². The molecule has 0 radical (unpaired) electrons. The fraction of sp³-hybridized carbons (Fsp3) is 0.200. The second kappa shape index (κ2) is 6.68. The van der Waals surface area contributed by atoms with Gasteiger partial charge >= 0.3 is 0 Å². The Kier molecular flexibility index (Phi) is 4.19. The fourth-order valence-electron chi connectivity index (χ4n) is 3.14. The molecule has 0 saturated heterocycles. The minimum absolute atomic E-state index is 0.220. The Morgan fingerprint density at radius 1 is 1.11 bits per heavy atom. The molecule has 0 saturated carbocycles. The lowest BCUT2D eigenvalue weighted by Gasteiger charge is -2.09. The van der Waals surface area contributed by atoms with E-state index in [1.165, 1.54) is 0 Å². The molecular formula is C20H20N6O. The molecule has 0 aliphatic rings. The number of rotatable bonds is 4. The smallest absolute Gasteiger partial charge is 0.258 e. The van der Waals surface area contributed by atoms with Gasteiger partial charge in [0.05, 0.1) is 23.5 Å². The van der Waals surface area contributed by atoms with Gasteiger partial charge in [0.1, 0.15) is 5.82 Å². The maximum atomic E-state index is 12.8. The molecule has 1 N–H and O–H groups in total. The summed E-state index contributed by atoms with van der Waals surface area (Å²) in [5, 5.41) is 12.7. The highest BCUT2D eigenvalue weighted by molar-refractivity contribution is 6.05. The van der Waals surface area contributed by atoms with Crippen LogP contribution in [0.3, 0.4) is 0 Å². The lowest BCUT2D eigenvalue weighted by Crippen LogP contribution is -2.16. The Hall–Kier alpha value is -3.48. The van der Waals surface area contributed by atoms with Gasteiger partial charge in [-0.25, -0.2) is 9.67 Å². The van der Waals surface area contributed by atoms with E-state index >= 15 is 0 Å². The van der Waals surface area contributed by atoms with E-state index in [9.17, 15) is 4.79 Å². The number of hydrogen-bond donors (Lipinski definition) is 1. The minimum Gasteiger partial charge on any atom is -0.307 e. The van der Waals surface area contributed by atoms with Crippen molar-refractivity contribution in [1.82, 2.24) is 24.5 Å². The highest BCUT2D eigenvalue weighted by Gasteiger charge is 2.14. The van der Waals surface area contributed by atoms with E-state index in [0.717, 1.165) is 28.0 Å². The van der Waals surface area contributed by atoms with E-state index in [0.29, 0.717) is 17.9 Å². The van der Waals surface area contributed by atoms with Crippen LogP contribution < -0.4 is 5.32 Å². The first-order valence-electron chi connectivity index (χ1n) is 8.70. The van der Waals surface area contributed by atoms with Crippen LogP contribution >= 0.6 is 0 Å². The normalized spacial score (nSPS) is 11.1. The first kappa shape index (κ1) is 17.0. The quantitative estimate of drug-likeness (QED) is 0.607. The van der Waals surface area contributed by atoms with Crippen LogP contribution in [-0.4, -0.2) is 30.5 Å². The van der Waals surface area contributed by atoms with Crippen LogP contribution in [0.25, 0.3) is 11.0 Å². The van der Waals surface area contributed by atoms with Crippen LogP contribution in [-0.2, 0) is 13.6 Å². The zero-order chi connectivity index (χ0) is 19.0. The third-order valence-corrected chi connectivity index (χ3v) is 4.44. The molecule has 0 unspecified atom stereocenters. The number of carbonyl (C=O) groups is 1. The van der Waals surface area contributed by atoms with E-state index in [1.54, 1.807) is 15.6 Å². The van der Waals surface area contributed by atoms with Crippen molar-refractivity contribution in [2.24, 2.45) is 7.05 Å². The summed E-state index contributed by atoms with van der Waals surface area (Å²) < 4.78 is 3.51. The number of anilines is 1. The third-order valence-electron chi connectivity index (χ3n) is 4.44. The second-order valence-electron chi connectivity index (χ2n) is 6.57. The van der Waals surface area contributed by atoms with E-state index in [1.807, 2.05) is 63.4 Å². The summed E-state index contributed by atoms with van der Waals surface area (Å²) in [5.74, 6) is 0.436. The number of amides is 1. The highest BCUT2D eigenvalue weighted by Crippen LogP contribution is 2.18. The summed E-state index contributed by atoms with van der Waals surface area (Å²) in [6.07, 6.45) is 1.57. The number of pyridine rings is 1. The summed E-state index contributed by atoms with van der Waals surface area (Å²) in [4.78, 5) is 17.1. The van der Waals surface area contributed by atoms with Crippen molar-refractivity contribution in [3.8, 4) is 0 Å². The van der Waals surface area contributed by atoms with Crippen LogP contribution in [0.4, 0.5) is 5.82 Å². The molecule has 3 aromatic heterocycles. The van der Waals surface area contributed by atoms with Crippen molar-refractivity contribution in [3.63, 3.8) is 0 Å². The molecule has 0 aliphatic carbocycles. The molecule has 0 spiro atoms. The number of nitrogens with zero attached hydrogens (tertiary/aromatic N) is 5. The minimum atomic E-state index is -0.220. The number of fused-ring (bicyclic) bond motifs is 1. The predicted octanol–water partition coefficient (Wildman–Crippen LogP) is 3.08. The van der Waals surface area contributed by atoms with E-state index < -0.39 is 0 Å². The third kappa shape index (κ3) is 3.31. The topological polar surface area (TPSA) is 77.6 Å². The van der Waals surface area contributed by atoms with Crippen LogP contribution in [0.15, 0.2) is 48.7 Å². The Balaban J connectivity index is 1.61. The Bertz CT molecular complexity index is 1130. The van der Waals surface area contributed by atoms with Gasteiger partial charge in [-0.1, -0.05) is 30.3 Å². The van der Waals surface area contributed by atoms with Crippen molar-refractivity contribution >= 4 is 22.8 Å². The SMILES string of the molecule is Cc1cc(NC(=O)c2cnc3c(c2)c(C)nn3C)n(Cc2ccccc2)n1. The number of aromatic nitrogens is 5. The van der Waals surface area contributed by atoms with Crippen LogP contribution in [0.5, 0.6) is 0 Å². The maximum absolute atomic E-state index is 12.8. The summed E-state index contributed by atoms with van der Waals surface area (Å²) in [6, 6.07) is 13.7. The molecule has 27 heavy (non-hydrogen) atoms. The Morgan fingerprint density at radius 3 is 2.67 bits per heavy atom. The number of nitrogens with one attached hydrogen (secondary N) is 1. The number of aryl methyl sites for hydroxylation is 3. The van der Waals surface area contributed by atoms with Gasteiger partial charge in [-0.3, -0.25) is 9.48 Å². The van der Waals surface area contributed by atoms with E-state index in [2.05, 4.69) is 20.5 Å². The van der Waals surface area contributed by atoms with Crippen LogP contribution in [0, 0.1) is 13.8 Å². The van der Waals surface area contributed by atoms with Gasteiger partial charge in [-0.05, 0) is 25.5 Å². The zero-order valence-electron chi connectivity index (χ0n) is 15.5. The van der Waals surface area contributed by atoms with Crippen molar-refractivity contribution in [1.29, 1.82) is 0 Å². The molecule has 1 aromatic carbocycles. The van der Waals surface area contributed by atoms with Crippen molar-refractivity contribution in [2.75, 3.05) is 5.32 Å². The van der Waals surface area contributed by atoms with Gasteiger partial charge in [0.15, 0.2) is 5.65 Å². The van der Waals surface area contributed by atoms with E-state index in [-0.39, 0.29) is 5.91 Å². The summed E-state index contributed by atoms with van der Waals surface area (Å²) >= 11 is 0. The van der Waals surface area contributed by atoms with Gasteiger partial charge in [0.25, 0.3) is 5.91 Å². The molecule has 7 nitrogen and oxygen atoms in total. The Morgan fingerprint density at radius 2 is 1.89 bits per heavy atom. The van der Waals surface area contributed by atoms with Gasteiger partial charge in [-0.15, -0.1) is 0 Å². The van der Waals surface area contributed by atoms with Gasteiger partial charge in [0, 0.05) is 24.7 Å². The lowest BCUT2D eigenvalue weighted by atomic mass is 10.2. The molecule has 0 atom stereocenters. The van der Waals surface area contributed by atoms with Gasteiger partial charge < -0.3 is 5.32 Å². The van der Waals surface area contributed by atoms with Crippen LogP contribution in [0.2, 0.25) is 0 Å². The number of benzene rings is 1. The molecule has 7 heteroatoms.